The van der Waals surface area contributed by atoms with Gasteiger partial charge >= 0.3 is 0 Å². The highest BCUT2D eigenvalue weighted by atomic mass is 79.9. The van der Waals surface area contributed by atoms with Gasteiger partial charge in [0.15, 0.2) is 11.6 Å². The van der Waals surface area contributed by atoms with Gasteiger partial charge in [-0.3, -0.25) is 0 Å². The summed E-state index contributed by atoms with van der Waals surface area (Å²) in [4.78, 5) is 4.23. The number of aliphatic hydroxyl groups excluding tert-OH is 1. The standard InChI is InChI=1S/C16H11BrFNO2/c17-11-5-6-14(18)15(8-11)21-16-13-4-2-1-3-10(13)7-12(9-20)19-16/h1-8,20H,9H2. The Hall–Kier alpha value is -1.98. The average Bonchev–Trinajstić information content (AvgIpc) is 2.50. The first-order chi connectivity index (χ1) is 10.2. The molecular weight excluding hydrogens is 337 g/mol. The summed E-state index contributed by atoms with van der Waals surface area (Å²) in [7, 11) is 0. The summed E-state index contributed by atoms with van der Waals surface area (Å²) in [6, 6.07) is 13.7. The normalized spacial score (nSPS) is 10.8. The number of aromatic nitrogens is 1. The lowest BCUT2D eigenvalue weighted by atomic mass is 10.1. The molecule has 3 nitrogen and oxygen atoms in total. The molecule has 5 heteroatoms. The van der Waals surface area contributed by atoms with Crippen molar-refractivity contribution >= 4 is 26.7 Å². The first-order valence-electron chi connectivity index (χ1n) is 6.30. The third kappa shape index (κ3) is 2.89. The Morgan fingerprint density at radius 3 is 2.76 bits per heavy atom. The molecule has 3 aromatic rings. The zero-order valence-electron chi connectivity index (χ0n) is 10.9. The van der Waals surface area contributed by atoms with Gasteiger partial charge in [0, 0.05) is 9.86 Å². The summed E-state index contributed by atoms with van der Waals surface area (Å²) >= 11 is 3.28. The summed E-state index contributed by atoms with van der Waals surface area (Å²) in [6.45, 7) is -0.206. The summed E-state index contributed by atoms with van der Waals surface area (Å²) in [5.41, 5.74) is 0.471. The van der Waals surface area contributed by atoms with Crippen molar-refractivity contribution in [1.29, 1.82) is 0 Å². The quantitative estimate of drug-likeness (QED) is 0.762. The highest BCUT2D eigenvalue weighted by Gasteiger charge is 2.11. The van der Waals surface area contributed by atoms with Gasteiger partial charge in [0.2, 0.25) is 5.88 Å². The number of rotatable bonds is 3. The van der Waals surface area contributed by atoms with Crippen molar-refractivity contribution in [3.05, 3.63) is 64.5 Å². The van der Waals surface area contributed by atoms with Crippen molar-refractivity contribution in [3.8, 4) is 11.6 Å². The number of aliphatic hydroxyl groups is 1. The largest absolute Gasteiger partial charge is 0.435 e. The van der Waals surface area contributed by atoms with Crippen molar-refractivity contribution in [1.82, 2.24) is 4.98 Å². The van der Waals surface area contributed by atoms with Gasteiger partial charge in [-0.25, -0.2) is 9.37 Å². The van der Waals surface area contributed by atoms with Gasteiger partial charge in [-0.15, -0.1) is 0 Å². The Kier molecular flexibility index (Phi) is 3.86. The lowest BCUT2D eigenvalue weighted by Crippen LogP contribution is -1.96. The number of pyridine rings is 1. The van der Waals surface area contributed by atoms with Crippen LogP contribution >= 0.6 is 15.9 Å². The number of fused-ring (bicyclic) bond motifs is 1. The number of ether oxygens (including phenoxy) is 1. The summed E-state index contributed by atoms with van der Waals surface area (Å²) in [5.74, 6) is -0.121. The van der Waals surface area contributed by atoms with Crippen LogP contribution in [-0.2, 0) is 6.61 Å². The number of hydrogen-bond donors (Lipinski definition) is 1. The Morgan fingerprint density at radius 2 is 1.95 bits per heavy atom. The van der Waals surface area contributed by atoms with Crippen LogP contribution in [0.1, 0.15) is 5.69 Å². The number of hydrogen-bond acceptors (Lipinski definition) is 3. The molecule has 1 aromatic heterocycles. The van der Waals surface area contributed by atoms with Gasteiger partial charge in [-0.05, 0) is 35.7 Å². The predicted octanol–water partition coefficient (Wildman–Crippen LogP) is 4.42. The van der Waals surface area contributed by atoms with Gasteiger partial charge in [-0.2, -0.15) is 0 Å². The lowest BCUT2D eigenvalue weighted by Gasteiger charge is -2.10. The maximum absolute atomic E-state index is 13.8. The van der Waals surface area contributed by atoms with Crippen LogP contribution in [0.25, 0.3) is 10.8 Å². The smallest absolute Gasteiger partial charge is 0.227 e. The molecule has 0 fully saturated rings. The van der Waals surface area contributed by atoms with Gasteiger partial charge in [0.05, 0.1) is 12.3 Å². The molecule has 0 aliphatic carbocycles. The van der Waals surface area contributed by atoms with Crippen LogP contribution in [0.15, 0.2) is 53.0 Å². The Bertz CT molecular complexity index is 807. The summed E-state index contributed by atoms with van der Waals surface area (Å²) < 4.78 is 20.1. The van der Waals surface area contributed by atoms with E-state index < -0.39 is 5.82 Å². The fourth-order valence-corrected chi connectivity index (χ4v) is 2.38. The fourth-order valence-electron chi connectivity index (χ4n) is 2.04. The second-order valence-corrected chi connectivity index (χ2v) is 5.39. The van der Waals surface area contributed by atoms with Crippen LogP contribution in [0.2, 0.25) is 0 Å². The van der Waals surface area contributed by atoms with E-state index in [1.54, 1.807) is 12.1 Å². The monoisotopic (exact) mass is 347 g/mol. The van der Waals surface area contributed by atoms with Gasteiger partial charge in [0.25, 0.3) is 0 Å². The predicted molar refractivity (Wildman–Crippen MR) is 81.8 cm³/mol. The topological polar surface area (TPSA) is 42.4 Å². The van der Waals surface area contributed by atoms with Gasteiger partial charge < -0.3 is 9.84 Å². The minimum absolute atomic E-state index is 0.0807. The zero-order chi connectivity index (χ0) is 14.8. The van der Waals surface area contributed by atoms with Crippen molar-refractivity contribution < 1.29 is 14.2 Å². The molecule has 0 aliphatic rings. The molecule has 0 aliphatic heterocycles. The number of halogens is 2. The highest BCUT2D eigenvalue weighted by Crippen LogP contribution is 2.31. The second kappa shape index (κ2) is 5.79. The Morgan fingerprint density at radius 1 is 1.14 bits per heavy atom. The Labute approximate surface area is 129 Å². The molecule has 21 heavy (non-hydrogen) atoms. The first kappa shape index (κ1) is 14.0. The van der Waals surface area contributed by atoms with E-state index in [1.807, 2.05) is 24.3 Å². The second-order valence-electron chi connectivity index (χ2n) is 4.47. The molecule has 0 spiro atoms. The van der Waals surface area contributed by atoms with Crippen LogP contribution in [0.3, 0.4) is 0 Å². The first-order valence-corrected chi connectivity index (χ1v) is 7.09. The third-order valence-corrected chi connectivity index (χ3v) is 3.51. The molecular formula is C16H11BrFNO2. The van der Waals surface area contributed by atoms with E-state index in [1.165, 1.54) is 12.1 Å². The van der Waals surface area contributed by atoms with E-state index in [-0.39, 0.29) is 18.2 Å². The van der Waals surface area contributed by atoms with Crippen molar-refractivity contribution in [2.75, 3.05) is 0 Å². The van der Waals surface area contributed by atoms with Crippen LogP contribution in [0, 0.1) is 5.82 Å². The molecule has 0 saturated carbocycles. The number of nitrogens with zero attached hydrogens (tertiary/aromatic N) is 1. The average molecular weight is 348 g/mol. The molecule has 3 rings (SSSR count). The van der Waals surface area contributed by atoms with Crippen molar-refractivity contribution in [2.45, 2.75) is 6.61 Å². The molecule has 0 amide bonds. The van der Waals surface area contributed by atoms with Crippen LogP contribution < -0.4 is 4.74 Å². The maximum atomic E-state index is 13.8. The summed E-state index contributed by atoms with van der Waals surface area (Å²) in [5, 5.41) is 10.9. The molecule has 2 aromatic carbocycles. The molecule has 1 heterocycles. The van der Waals surface area contributed by atoms with E-state index in [0.717, 1.165) is 10.8 Å². The highest BCUT2D eigenvalue weighted by molar-refractivity contribution is 9.10. The van der Waals surface area contributed by atoms with Crippen LogP contribution in [0.5, 0.6) is 11.6 Å². The van der Waals surface area contributed by atoms with E-state index in [0.29, 0.717) is 10.2 Å². The van der Waals surface area contributed by atoms with Crippen molar-refractivity contribution in [3.63, 3.8) is 0 Å². The fraction of sp³-hybridized carbons (Fsp3) is 0.0625. The third-order valence-electron chi connectivity index (χ3n) is 3.02. The molecule has 106 valence electrons. The van der Waals surface area contributed by atoms with Crippen molar-refractivity contribution in [2.24, 2.45) is 0 Å². The van der Waals surface area contributed by atoms with E-state index in [2.05, 4.69) is 20.9 Å². The zero-order valence-corrected chi connectivity index (χ0v) is 12.5. The number of benzene rings is 2. The lowest BCUT2D eigenvalue weighted by molar-refractivity contribution is 0.275. The molecule has 0 saturated heterocycles. The SMILES string of the molecule is OCc1cc2ccccc2c(Oc2cc(Br)ccc2F)n1. The van der Waals surface area contributed by atoms with E-state index >= 15 is 0 Å². The minimum atomic E-state index is -0.474. The van der Waals surface area contributed by atoms with Crippen LogP contribution in [-0.4, -0.2) is 10.1 Å². The Balaban J connectivity index is 2.13. The molecule has 0 bridgehead atoms. The van der Waals surface area contributed by atoms with Gasteiger partial charge in [-0.1, -0.05) is 34.1 Å². The van der Waals surface area contributed by atoms with Gasteiger partial charge in [0.1, 0.15) is 0 Å². The minimum Gasteiger partial charge on any atom is -0.435 e. The molecule has 1 N–H and O–H groups in total. The molecule has 0 radical (unpaired) electrons. The molecule has 0 atom stereocenters. The van der Waals surface area contributed by atoms with E-state index in [9.17, 15) is 9.50 Å². The summed E-state index contributed by atoms with van der Waals surface area (Å²) in [6.07, 6.45) is 0. The molecule has 0 unspecified atom stereocenters. The van der Waals surface area contributed by atoms with E-state index in [4.69, 9.17) is 4.74 Å². The van der Waals surface area contributed by atoms with Crippen LogP contribution in [0.4, 0.5) is 4.39 Å². The maximum Gasteiger partial charge on any atom is 0.227 e.